The summed E-state index contributed by atoms with van der Waals surface area (Å²) in [5.41, 5.74) is 1.05. The SMILES string of the molecule is CNc1nc(Oc2ccc(Br)cc2C)c2cc(C)sc2n1. The fourth-order valence-electron chi connectivity index (χ4n) is 2.04. The second-order valence-corrected chi connectivity index (χ2v) is 6.84. The van der Waals surface area contributed by atoms with E-state index in [0.29, 0.717) is 11.8 Å². The average molecular weight is 364 g/mol. The van der Waals surface area contributed by atoms with Crippen LogP contribution in [0.3, 0.4) is 0 Å². The van der Waals surface area contributed by atoms with Gasteiger partial charge in [-0.3, -0.25) is 0 Å². The second-order valence-electron chi connectivity index (χ2n) is 4.69. The Labute approximate surface area is 135 Å². The summed E-state index contributed by atoms with van der Waals surface area (Å²) in [4.78, 5) is 11.0. The van der Waals surface area contributed by atoms with Gasteiger partial charge in [-0.05, 0) is 43.7 Å². The van der Waals surface area contributed by atoms with E-state index in [-0.39, 0.29) is 0 Å². The van der Waals surface area contributed by atoms with E-state index >= 15 is 0 Å². The fourth-order valence-corrected chi connectivity index (χ4v) is 3.38. The van der Waals surface area contributed by atoms with Crippen LogP contribution in [0.15, 0.2) is 28.7 Å². The number of hydrogen-bond donors (Lipinski definition) is 1. The maximum atomic E-state index is 6.03. The van der Waals surface area contributed by atoms with Crippen LogP contribution < -0.4 is 10.1 Å². The zero-order valence-electron chi connectivity index (χ0n) is 11.9. The molecule has 0 unspecified atom stereocenters. The lowest BCUT2D eigenvalue weighted by molar-refractivity contribution is 0.465. The number of rotatable bonds is 3. The molecule has 6 heteroatoms. The van der Waals surface area contributed by atoms with Crippen molar-refractivity contribution in [2.75, 3.05) is 12.4 Å². The summed E-state index contributed by atoms with van der Waals surface area (Å²) in [5.74, 6) is 1.94. The summed E-state index contributed by atoms with van der Waals surface area (Å²) in [7, 11) is 1.80. The van der Waals surface area contributed by atoms with Gasteiger partial charge in [0.15, 0.2) is 0 Å². The minimum Gasteiger partial charge on any atom is -0.438 e. The molecule has 0 aliphatic carbocycles. The Kier molecular flexibility index (Phi) is 3.82. The molecule has 0 saturated heterocycles. The highest BCUT2D eigenvalue weighted by Crippen LogP contribution is 2.35. The highest BCUT2D eigenvalue weighted by Gasteiger charge is 2.13. The maximum Gasteiger partial charge on any atom is 0.232 e. The molecule has 108 valence electrons. The summed E-state index contributed by atoms with van der Waals surface area (Å²) >= 11 is 5.09. The molecule has 0 bridgehead atoms. The van der Waals surface area contributed by atoms with Crippen LogP contribution in [-0.4, -0.2) is 17.0 Å². The standard InChI is InChI=1S/C15H14BrN3OS/c1-8-6-10(16)4-5-12(8)20-13-11-7-9(2)21-14(11)19-15(17-3)18-13/h4-7H,1-3H3,(H,17,18,19). The molecule has 0 aliphatic rings. The predicted molar refractivity (Wildman–Crippen MR) is 90.7 cm³/mol. The van der Waals surface area contributed by atoms with Gasteiger partial charge in [-0.1, -0.05) is 15.9 Å². The van der Waals surface area contributed by atoms with E-state index in [1.165, 1.54) is 4.88 Å². The zero-order chi connectivity index (χ0) is 15.0. The van der Waals surface area contributed by atoms with E-state index in [2.05, 4.69) is 44.2 Å². The molecule has 0 fully saturated rings. The zero-order valence-corrected chi connectivity index (χ0v) is 14.3. The van der Waals surface area contributed by atoms with E-state index in [1.54, 1.807) is 18.4 Å². The van der Waals surface area contributed by atoms with Gasteiger partial charge in [0, 0.05) is 16.4 Å². The first-order valence-corrected chi connectivity index (χ1v) is 8.07. The van der Waals surface area contributed by atoms with Crippen LogP contribution in [0.1, 0.15) is 10.4 Å². The molecule has 0 amide bonds. The van der Waals surface area contributed by atoms with Crippen molar-refractivity contribution >= 4 is 43.4 Å². The van der Waals surface area contributed by atoms with E-state index in [1.807, 2.05) is 25.1 Å². The number of anilines is 1. The normalized spacial score (nSPS) is 10.9. The van der Waals surface area contributed by atoms with Crippen molar-refractivity contribution in [3.05, 3.63) is 39.2 Å². The number of halogens is 1. The molecule has 21 heavy (non-hydrogen) atoms. The summed E-state index contributed by atoms with van der Waals surface area (Å²) in [6.45, 7) is 4.07. The molecule has 0 radical (unpaired) electrons. The van der Waals surface area contributed by atoms with Crippen molar-refractivity contribution in [1.29, 1.82) is 0 Å². The Bertz CT molecular complexity index is 816. The number of ether oxygens (including phenoxy) is 1. The molecule has 3 aromatic rings. The molecule has 3 rings (SSSR count). The minimum atomic E-state index is 0.564. The van der Waals surface area contributed by atoms with Gasteiger partial charge in [-0.25, -0.2) is 4.98 Å². The van der Waals surface area contributed by atoms with Crippen LogP contribution >= 0.6 is 27.3 Å². The Balaban J connectivity index is 2.10. The summed E-state index contributed by atoms with van der Waals surface area (Å²) in [5, 5.41) is 3.92. The van der Waals surface area contributed by atoms with Crippen molar-refractivity contribution in [3.63, 3.8) is 0 Å². The van der Waals surface area contributed by atoms with Crippen molar-refractivity contribution in [3.8, 4) is 11.6 Å². The number of hydrogen-bond acceptors (Lipinski definition) is 5. The monoisotopic (exact) mass is 363 g/mol. The van der Waals surface area contributed by atoms with E-state index in [0.717, 1.165) is 26.0 Å². The van der Waals surface area contributed by atoms with Crippen molar-refractivity contribution in [1.82, 2.24) is 9.97 Å². The largest absolute Gasteiger partial charge is 0.438 e. The Hall–Kier alpha value is -1.66. The van der Waals surface area contributed by atoms with Crippen LogP contribution in [0.2, 0.25) is 0 Å². The number of aromatic nitrogens is 2. The third-order valence-electron chi connectivity index (χ3n) is 3.05. The molecule has 0 atom stereocenters. The fraction of sp³-hybridized carbons (Fsp3) is 0.200. The van der Waals surface area contributed by atoms with Crippen molar-refractivity contribution < 1.29 is 4.74 Å². The number of thiophene rings is 1. The molecular weight excluding hydrogens is 350 g/mol. The number of nitrogens with zero attached hydrogens (tertiary/aromatic N) is 2. The highest BCUT2D eigenvalue weighted by molar-refractivity contribution is 9.10. The lowest BCUT2D eigenvalue weighted by Crippen LogP contribution is -1.98. The third-order valence-corrected chi connectivity index (χ3v) is 4.49. The molecule has 2 aromatic heterocycles. The quantitative estimate of drug-likeness (QED) is 0.718. The lowest BCUT2D eigenvalue weighted by Gasteiger charge is -2.10. The van der Waals surface area contributed by atoms with Crippen LogP contribution in [0, 0.1) is 13.8 Å². The van der Waals surface area contributed by atoms with Crippen LogP contribution in [0.4, 0.5) is 5.95 Å². The Morgan fingerprint density at radius 3 is 2.71 bits per heavy atom. The van der Waals surface area contributed by atoms with Gasteiger partial charge in [-0.15, -0.1) is 11.3 Å². The molecule has 4 nitrogen and oxygen atoms in total. The lowest BCUT2D eigenvalue weighted by atomic mass is 10.2. The van der Waals surface area contributed by atoms with Gasteiger partial charge < -0.3 is 10.1 Å². The minimum absolute atomic E-state index is 0.564. The summed E-state index contributed by atoms with van der Waals surface area (Å²) < 4.78 is 7.06. The summed E-state index contributed by atoms with van der Waals surface area (Å²) in [6, 6.07) is 7.97. The van der Waals surface area contributed by atoms with Crippen LogP contribution in [0.25, 0.3) is 10.2 Å². The summed E-state index contributed by atoms with van der Waals surface area (Å²) in [6.07, 6.45) is 0. The van der Waals surface area contributed by atoms with Gasteiger partial charge in [0.05, 0.1) is 5.39 Å². The van der Waals surface area contributed by atoms with E-state index in [9.17, 15) is 0 Å². The first kappa shape index (κ1) is 14.3. The molecule has 2 heterocycles. The van der Waals surface area contributed by atoms with Gasteiger partial charge in [0.2, 0.25) is 11.8 Å². The highest BCUT2D eigenvalue weighted by atomic mass is 79.9. The Morgan fingerprint density at radius 2 is 2.00 bits per heavy atom. The number of nitrogens with one attached hydrogen (secondary N) is 1. The number of aryl methyl sites for hydroxylation is 2. The number of benzene rings is 1. The maximum absolute atomic E-state index is 6.03. The van der Waals surface area contributed by atoms with Crippen LogP contribution in [0.5, 0.6) is 11.6 Å². The second kappa shape index (κ2) is 5.61. The van der Waals surface area contributed by atoms with Gasteiger partial charge in [0.1, 0.15) is 10.6 Å². The Morgan fingerprint density at radius 1 is 1.19 bits per heavy atom. The van der Waals surface area contributed by atoms with Crippen LogP contribution in [-0.2, 0) is 0 Å². The molecule has 0 spiro atoms. The van der Waals surface area contributed by atoms with E-state index in [4.69, 9.17) is 4.74 Å². The molecule has 1 aromatic carbocycles. The molecule has 0 saturated carbocycles. The first-order chi connectivity index (χ1) is 10.1. The van der Waals surface area contributed by atoms with E-state index < -0.39 is 0 Å². The van der Waals surface area contributed by atoms with Gasteiger partial charge >= 0.3 is 0 Å². The van der Waals surface area contributed by atoms with Crippen molar-refractivity contribution in [2.24, 2.45) is 0 Å². The topological polar surface area (TPSA) is 47.0 Å². The average Bonchev–Trinajstić information content (AvgIpc) is 2.82. The van der Waals surface area contributed by atoms with Crippen molar-refractivity contribution in [2.45, 2.75) is 13.8 Å². The van der Waals surface area contributed by atoms with Gasteiger partial charge in [0.25, 0.3) is 0 Å². The van der Waals surface area contributed by atoms with Gasteiger partial charge in [-0.2, -0.15) is 4.98 Å². The molecular formula is C15H14BrN3OS. The number of fused-ring (bicyclic) bond motifs is 1. The third kappa shape index (κ3) is 2.87. The molecule has 1 N–H and O–H groups in total. The predicted octanol–water partition coefficient (Wildman–Crippen LogP) is 4.90. The molecule has 0 aliphatic heterocycles. The first-order valence-electron chi connectivity index (χ1n) is 6.47. The smallest absolute Gasteiger partial charge is 0.232 e.